The molecule has 0 saturated carbocycles. The van der Waals surface area contributed by atoms with Gasteiger partial charge in [0.25, 0.3) is 5.91 Å². The number of rotatable bonds is 2. The molecule has 3 rings (SSSR count). The number of aryl methyl sites for hydroxylation is 2. The van der Waals surface area contributed by atoms with Crippen molar-refractivity contribution in [3.05, 3.63) is 50.4 Å². The van der Waals surface area contributed by atoms with E-state index < -0.39 is 0 Å². The molecule has 0 radical (unpaired) electrons. The number of halogens is 1. The summed E-state index contributed by atoms with van der Waals surface area (Å²) in [6.07, 6.45) is 4.20. The van der Waals surface area contributed by atoms with Gasteiger partial charge in [-0.3, -0.25) is 4.79 Å². The van der Waals surface area contributed by atoms with Crippen LogP contribution in [-0.2, 0) is 12.8 Å². The fourth-order valence-corrected chi connectivity index (χ4v) is 4.10. The highest BCUT2D eigenvalue weighted by Crippen LogP contribution is 2.37. The number of anilines is 1. The maximum atomic E-state index is 12.4. The lowest BCUT2D eigenvalue weighted by Gasteiger charge is -2.09. The topological polar surface area (TPSA) is 52.9 Å². The molecule has 0 spiro atoms. The first kappa shape index (κ1) is 15.1. The number of fused-ring (bicyclic) bond motifs is 1. The Kier molecular flexibility index (Phi) is 4.19. The molecule has 3 nitrogen and oxygen atoms in total. The second-order valence-electron chi connectivity index (χ2n) is 5.44. The minimum atomic E-state index is -0.225. The van der Waals surface area contributed by atoms with Gasteiger partial charge in [0, 0.05) is 15.5 Å². The summed E-state index contributed by atoms with van der Waals surface area (Å²) in [5.74, 6) is -0.225. The molecule has 1 aromatic carbocycles. The van der Waals surface area contributed by atoms with Crippen molar-refractivity contribution in [3.8, 4) is 6.07 Å². The normalized spacial score (nSPS) is 13.3. The van der Waals surface area contributed by atoms with Crippen molar-refractivity contribution in [2.75, 3.05) is 5.32 Å². The molecule has 22 heavy (non-hydrogen) atoms. The van der Waals surface area contributed by atoms with Crippen LogP contribution in [0.3, 0.4) is 0 Å². The number of nitrogens with zero attached hydrogens (tertiary/aromatic N) is 1. The molecule has 0 atom stereocenters. The molecule has 1 aromatic heterocycles. The number of benzene rings is 1. The van der Waals surface area contributed by atoms with Crippen molar-refractivity contribution in [3.63, 3.8) is 0 Å². The zero-order chi connectivity index (χ0) is 15.7. The van der Waals surface area contributed by atoms with E-state index in [9.17, 15) is 10.1 Å². The fraction of sp³-hybridized carbons (Fsp3) is 0.294. The molecule has 1 aliphatic carbocycles. The Balaban J connectivity index is 1.89. The number of nitrogens with one attached hydrogen (secondary N) is 1. The molecule has 2 aromatic rings. The number of hydrogen-bond acceptors (Lipinski definition) is 3. The van der Waals surface area contributed by atoms with Gasteiger partial charge in [-0.1, -0.05) is 17.7 Å². The van der Waals surface area contributed by atoms with E-state index in [1.165, 1.54) is 16.2 Å². The van der Waals surface area contributed by atoms with Crippen LogP contribution in [0.4, 0.5) is 5.00 Å². The van der Waals surface area contributed by atoms with E-state index in [4.69, 9.17) is 11.6 Å². The van der Waals surface area contributed by atoms with Gasteiger partial charge in [0.15, 0.2) is 0 Å². The van der Waals surface area contributed by atoms with Crippen molar-refractivity contribution >= 4 is 33.8 Å². The Morgan fingerprint density at radius 3 is 2.86 bits per heavy atom. The molecular weight excluding hydrogens is 316 g/mol. The highest BCUT2D eigenvalue weighted by molar-refractivity contribution is 7.16. The molecule has 1 amide bonds. The van der Waals surface area contributed by atoms with E-state index in [-0.39, 0.29) is 5.91 Å². The molecule has 1 aliphatic rings. The van der Waals surface area contributed by atoms with Gasteiger partial charge in [-0.15, -0.1) is 11.3 Å². The summed E-state index contributed by atoms with van der Waals surface area (Å²) in [5, 5.41) is 13.5. The minimum absolute atomic E-state index is 0.225. The first-order valence-corrected chi connectivity index (χ1v) is 8.41. The Morgan fingerprint density at radius 1 is 1.36 bits per heavy atom. The maximum Gasteiger partial charge on any atom is 0.256 e. The summed E-state index contributed by atoms with van der Waals surface area (Å²) in [5.41, 5.74) is 3.19. The third-order valence-electron chi connectivity index (χ3n) is 3.94. The smallest absolute Gasteiger partial charge is 0.256 e. The molecule has 112 valence electrons. The van der Waals surface area contributed by atoms with E-state index in [0.717, 1.165) is 36.8 Å². The van der Waals surface area contributed by atoms with Crippen LogP contribution < -0.4 is 5.32 Å². The van der Waals surface area contributed by atoms with Crippen LogP contribution in [-0.4, -0.2) is 5.91 Å². The molecule has 0 unspecified atom stereocenters. The lowest BCUT2D eigenvalue weighted by Crippen LogP contribution is -2.12. The minimum Gasteiger partial charge on any atom is -0.312 e. The third-order valence-corrected chi connectivity index (χ3v) is 5.56. The summed E-state index contributed by atoms with van der Waals surface area (Å²) < 4.78 is 0. The van der Waals surface area contributed by atoms with Crippen LogP contribution in [0, 0.1) is 18.3 Å². The predicted octanol–water partition coefficient (Wildman–Crippen LogP) is 4.71. The van der Waals surface area contributed by atoms with Crippen LogP contribution in [0.15, 0.2) is 18.2 Å². The molecular formula is C17H15ClN2OS. The van der Waals surface area contributed by atoms with Gasteiger partial charge >= 0.3 is 0 Å². The number of carbonyl (C=O) groups excluding carboxylic acids is 1. The van der Waals surface area contributed by atoms with E-state index in [0.29, 0.717) is 21.2 Å². The summed E-state index contributed by atoms with van der Waals surface area (Å²) >= 11 is 7.60. The van der Waals surface area contributed by atoms with Crippen LogP contribution >= 0.6 is 22.9 Å². The van der Waals surface area contributed by atoms with Crippen LogP contribution in [0.1, 0.15) is 44.8 Å². The molecule has 0 fully saturated rings. The van der Waals surface area contributed by atoms with Crippen LogP contribution in [0.5, 0.6) is 0 Å². The Morgan fingerprint density at radius 2 is 2.14 bits per heavy atom. The number of hydrogen-bond donors (Lipinski definition) is 1. The van der Waals surface area contributed by atoms with Gasteiger partial charge in [-0.25, -0.2) is 0 Å². The van der Waals surface area contributed by atoms with Gasteiger partial charge < -0.3 is 5.32 Å². The highest BCUT2D eigenvalue weighted by atomic mass is 35.5. The molecule has 5 heteroatoms. The summed E-state index contributed by atoms with van der Waals surface area (Å²) in [7, 11) is 0. The molecule has 1 heterocycles. The first-order chi connectivity index (χ1) is 10.6. The van der Waals surface area contributed by atoms with E-state index in [2.05, 4.69) is 11.4 Å². The largest absolute Gasteiger partial charge is 0.312 e. The molecule has 0 saturated heterocycles. The van der Waals surface area contributed by atoms with E-state index in [1.807, 2.05) is 13.0 Å². The highest BCUT2D eigenvalue weighted by Gasteiger charge is 2.22. The number of carbonyl (C=O) groups is 1. The first-order valence-electron chi connectivity index (χ1n) is 7.22. The Bertz CT molecular complexity index is 789. The van der Waals surface area contributed by atoms with Gasteiger partial charge in [0.1, 0.15) is 11.1 Å². The Hall–Kier alpha value is -1.83. The average molecular weight is 331 g/mol. The summed E-state index contributed by atoms with van der Waals surface area (Å²) in [6.45, 7) is 1.89. The number of thiophene rings is 1. The van der Waals surface area contributed by atoms with Gasteiger partial charge in [-0.2, -0.15) is 5.26 Å². The van der Waals surface area contributed by atoms with Crippen molar-refractivity contribution in [1.82, 2.24) is 0 Å². The molecule has 1 N–H and O–H groups in total. The van der Waals surface area contributed by atoms with Crippen molar-refractivity contribution in [2.45, 2.75) is 32.6 Å². The van der Waals surface area contributed by atoms with E-state index >= 15 is 0 Å². The lowest BCUT2D eigenvalue weighted by atomic mass is 9.96. The maximum absolute atomic E-state index is 12.4. The standard InChI is InChI=1S/C17H15ClN2OS/c1-10-6-7-11(8-14(10)18)16(21)20-17-13(9-19)12-4-2-3-5-15(12)22-17/h6-8H,2-5H2,1H3,(H,20,21). The number of amides is 1. The summed E-state index contributed by atoms with van der Waals surface area (Å²) in [6, 6.07) is 7.48. The quantitative estimate of drug-likeness (QED) is 0.866. The lowest BCUT2D eigenvalue weighted by molar-refractivity contribution is 0.102. The summed E-state index contributed by atoms with van der Waals surface area (Å²) in [4.78, 5) is 13.6. The second kappa shape index (κ2) is 6.12. The van der Waals surface area contributed by atoms with Crippen LogP contribution in [0.25, 0.3) is 0 Å². The average Bonchev–Trinajstić information content (AvgIpc) is 2.86. The molecule has 0 bridgehead atoms. The zero-order valence-electron chi connectivity index (χ0n) is 12.2. The van der Waals surface area contributed by atoms with Gasteiger partial charge in [0.05, 0.1) is 5.56 Å². The van der Waals surface area contributed by atoms with Gasteiger partial charge in [-0.05, 0) is 55.9 Å². The second-order valence-corrected chi connectivity index (χ2v) is 6.96. The van der Waals surface area contributed by atoms with Gasteiger partial charge in [0.2, 0.25) is 0 Å². The van der Waals surface area contributed by atoms with E-state index in [1.54, 1.807) is 12.1 Å². The monoisotopic (exact) mass is 330 g/mol. The van der Waals surface area contributed by atoms with Crippen molar-refractivity contribution < 1.29 is 4.79 Å². The Labute approximate surface area is 138 Å². The third kappa shape index (κ3) is 2.75. The van der Waals surface area contributed by atoms with Crippen molar-refractivity contribution in [2.24, 2.45) is 0 Å². The molecule has 0 aliphatic heterocycles. The predicted molar refractivity (Wildman–Crippen MR) is 89.8 cm³/mol. The fourth-order valence-electron chi connectivity index (χ4n) is 2.68. The zero-order valence-corrected chi connectivity index (χ0v) is 13.8. The van der Waals surface area contributed by atoms with Crippen molar-refractivity contribution in [1.29, 1.82) is 5.26 Å². The number of nitriles is 1. The van der Waals surface area contributed by atoms with Crippen LogP contribution in [0.2, 0.25) is 5.02 Å². The SMILES string of the molecule is Cc1ccc(C(=O)Nc2sc3c(c2C#N)CCCC3)cc1Cl.